The number of amides is 1. The number of alkyl halides is 1. The summed E-state index contributed by atoms with van der Waals surface area (Å²) in [6, 6.07) is 3.75. The van der Waals surface area contributed by atoms with Gasteiger partial charge in [0.15, 0.2) is 0 Å². The van der Waals surface area contributed by atoms with Crippen molar-refractivity contribution in [1.82, 2.24) is 4.31 Å². The van der Waals surface area contributed by atoms with Gasteiger partial charge < -0.3 is 10.2 Å². The van der Waals surface area contributed by atoms with Crippen LogP contribution < -0.4 is 0 Å². The molecular weight excluding hydrogens is 398 g/mol. The molecule has 6 nitrogen and oxygen atoms in total. The molecule has 124 valence electrons. The monoisotopic (exact) mass is 413 g/mol. The zero-order valence-corrected chi connectivity index (χ0v) is 15.4. The Balaban J connectivity index is 3.31. The third-order valence-corrected chi connectivity index (χ3v) is 6.02. The zero-order chi connectivity index (χ0) is 17.3. The standard InChI is InChI=1S/C13H17BrClNO5S/c1-13(2,3)11(15)7-16(12(18)19)22(20,21)10-6-8(14)4-5-9(10)17/h4-6,11,17H,7H2,1-3H3,(H,18,19). The predicted octanol–water partition coefficient (Wildman–Crippen LogP) is 3.48. The minimum absolute atomic E-state index is 0.247. The van der Waals surface area contributed by atoms with Crippen molar-refractivity contribution < 1.29 is 23.4 Å². The van der Waals surface area contributed by atoms with Gasteiger partial charge in [-0.1, -0.05) is 36.7 Å². The first-order valence-electron chi connectivity index (χ1n) is 6.25. The van der Waals surface area contributed by atoms with Crippen molar-refractivity contribution >= 4 is 43.6 Å². The van der Waals surface area contributed by atoms with Gasteiger partial charge in [0.05, 0.1) is 11.9 Å². The van der Waals surface area contributed by atoms with Gasteiger partial charge in [0, 0.05) is 4.47 Å². The minimum Gasteiger partial charge on any atom is -0.507 e. The van der Waals surface area contributed by atoms with Gasteiger partial charge >= 0.3 is 6.09 Å². The second-order valence-corrected chi connectivity index (χ2v) is 9.04. The SMILES string of the molecule is CC(C)(C)C(Cl)CN(C(=O)O)S(=O)(=O)c1cc(Br)ccc1O. The van der Waals surface area contributed by atoms with Gasteiger partial charge in [-0.2, -0.15) is 4.31 Å². The van der Waals surface area contributed by atoms with Crippen LogP contribution in [0.1, 0.15) is 20.8 Å². The van der Waals surface area contributed by atoms with Gasteiger partial charge in [0.25, 0.3) is 10.0 Å². The Kier molecular flexibility index (Phi) is 5.75. The van der Waals surface area contributed by atoms with Crippen molar-refractivity contribution in [1.29, 1.82) is 0 Å². The lowest BCUT2D eigenvalue weighted by Gasteiger charge is -2.29. The molecule has 0 saturated heterocycles. The Bertz CT molecular complexity index is 671. The summed E-state index contributed by atoms with van der Waals surface area (Å²) in [7, 11) is -4.44. The number of benzene rings is 1. The molecule has 2 N–H and O–H groups in total. The Labute approximate surface area is 142 Å². The van der Waals surface area contributed by atoms with Crippen LogP contribution in [0.2, 0.25) is 0 Å². The highest BCUT2D eigenvalue weighted by Crippen LogP contribution is 2.31. The molecule has 0 radical (unpaired) electrons. The summed E-state index contributed by atoms with van der Waals surface area (Å²) in [4.78, 5) is 10.9. The van der Waals surface area contributed by atoms with Crippen LogP contribution in [0.3, 0.4) is 0 Å². The van der Waals surface area contributed by atoms with Gasteiger partial charge in [-0.25, -0.2) is 13.2 Å². The molecule has 0 saturated carbocycles. The van der Waals surface area contributed by atoms with E-state index < -0.39 is 44.1 Å². The van der Waals surface area contributed by atoms with Crippen LogP contribution >= 0.6 is 27.5 Å². The van der Waals surface area contributed by atoms with E-state index in [1.807, 2.05) is 0 Å². The number of aromatic hydroxyl groups is 1. The van der Waals surface area contributed by atoms with Crippen LogP contribution in [0.15, 0.2) is 27.6 Å². The minimum atomic E-state index is -4.44. The van der Waals surface area contributed by atoms with E-state index in [0.29, 0.717) is 4.47 Å². The van der Waals surface area contributed by atoms with Crippen molar-refractivity contribution in [2.24, 2.45) is 5.41 Å². The van der Waals surface area contributed by atoms with Gasteiger partial charge in [-0.3, -0.25) is 0 Å². The summed E-state index contributed by atoms with van der Waals surface area (Å²) in [6.45, 7) is 4.89. The molecule has 0 heterocycles. The van der Waals surface area contributed by atoms with E-state index in [1.54, 1.807) is 20.8 Å². The number of carbonyl (C=O) groups is 1. The molecular formula is C13H17BrClNO5S. The fraction of sp³-hybridized carbons (Fsp3) is 0.462. The largest absolute Gasteiger partial charge is 0.507 e. The molecule has 9 heteroatoms. The number of carboxylic acid groups (broad SMARTS) is 1. The lowest BCUT2D eigenvalue weighted by atomic mass is 9.92. The van der Waals surface area contributed by atoms with Crippen molar-refractivity contribution in [3.8, 4) is 5.75 Å². The molecule has 1 aromatic carbocycles. The molecule has 0 aliphatic rings. The highest BCUT2D eigenvalue weighted by molar-refractivity contribution is 9.10. The number of phenols is 1. The number of hydrogen-bond acceptors (Lipinski definition) is 4. The molecule has 0 spiro atoms. The Morgan fingerprint density at radius 2 is 1.95 bits per heavy atom. The molecule has 0 aliphatic carbocycles. The molecule has 1 amide bonds. The van der Waals surface area contributed by atoms with Crippen molar-refractivity contribution in [2.45, 2.75) is 31.0 Å². The molecule has 1 rings (SSSR count). The molecule has 0 bridgehead atoms. The number of rotatable bonds is 4. The normalized spacial score (nSPS) is 13.7. The van der Waals surface area contributed by atoms with Gasteiger partial charge in [0.2, 0.25) is 0 Å². The maximum Gasteiger partial charge on any atom is 0.421 e. The lowest BCUT2D eigenvalue weighted by molar-refractivity contribution is 0.168. The third kappa shape index (κ3) is 4.27. The van der Waals surface area contributed by atoms with E-state index in [4.69, 9.17) is 11.6 Å². The lowest BCUT2D eigenvalue weighted by Crippen LogP contribution is -2.43. The van der Waals surface area contributed by atoms with Crippen molar-refractivity contribution in [2.75, 3.05) is 6.54 Å². The topological polar surface area (TPSA) is 94.9 Å². The van der Waals surface area contributed by atoms with Crippen LogP contribution in [-0.4, -0.2) is 41.0 Å². The van der Waals surface area contributed by atoms with E-state index >= 15 is 0 Å². The second-order valence-electron chi connectivity index (χ2n) is 5.76. The average Bonchev–Trinajstić information content (AvgIpc) is 2.36. The molecule has 1 aromatic rings. The number of sulfonamides is 1. The summed E-state index contributed by atoms with van der Waals surface area (Å²) in [5.41, 5.74) is -0.496. The summed E-state index contributed by atoms with van der Waals surface area (Å²) < 4.78 is 25.7. The first-order chi connectivity index (χ1) is 9.87. The van der Waals surface area contributed by atoms with Crippen LogP contribution in [-0.2, 0) is 10.0 Å². The van der Waals surface area contributed by atoms with Crippen LogP contribution in [0.4, 0.5) is 4.79 Å². The average molecular weight is 415 g/mol. The zero-order valence-electron chi connectivity index (χ0n) is 12.2. The number of hydrogen-bond donors (Lipinski definition) is 2. The second kappa shape index (κ2) is 6.64. The number of phenolic OH excluding ortho intramolecular Hbond substituents is 1. The van der Waals surface area contributed by atoms with E-state index in [-0.39, 0.29) is 4.31 Å². The molecule has 0 aromatic heterocycles. The Morgan fingerprint density at radius 1 is 1.41 bits per heavy atom. The van der Waals surface area contributed by atoms with Crippen LogP contribution in [0.25, 0.3) is 0 Å². The first-order valence-corrected chi connectivity index (χ1v) is 8.92. The molecule has 22 heavy (non-hydrogen) atoms. The fourth-order valence-corrected chi connectivity index (χ4v) is 3.64. The first kappa shape index (κ1) is 19.1. The maximum absolute atomic E-state index is 12.5. The quantitative estimate of drug-likeness (QED) is 0.736. The van der Waals surface area contributed by atoms with Crippen molar-refractivity contribution in [3.63, 3.8) is 0 Å². The Morgan fingerprint density at radius 3 is 2.41 bits per heavy atom. The third-order valence-electron chi connectivity index (χ3n) is 2.97. The smallest absolute Gasteiger partial charge is 0.421 e. The van der Waals surface area contributed by atoms with E-state index in [0.717, 1.165) is 6.07 Å². The highest BCUT2D eigenvalue weighted by Gasteiger charge is 2.36. The van der Waals surface area contributed by atoms with E-state index in [2.05, 4.69) is 15.9 Å². The van der Waals surface area contributed by atoms with Gasteiger partial charge in [-0.15, -0.1) is 11.6 Å². The fourth-order valence-electron chi connectivity index (χ4n) is 1.51. The van der Waals surface area contributed by atoms with Crippen LogP contribution in [0.5, 0.6) is 5.75 Å². The van der Waals surface area contributed by atoms with E-state index in [9.17, 15) is 23.4 Å². The molecule has 1 atom stereocenters. The molecule has 0 aliphatic heterocycles. The van der Waals surface area contributed by atoms with Crippen molar-refractivity contribution in [3.05, 3.63) is 22.7 Å². The number of halogens is 2. The van der Waals surface area contributed by atoms with Crippen LogP contribution in [0, 0.1) is 5.41 Å². The van der Waals surface area contributed by atoms with Gasteiger partial charge in [0.1, 0.15) is 10.6 Å². The highest BCUT2D eigenvalue weighted by atomic mass is 79.9. The maximum atomic E-state index is 12.5. The molecule has 1 unspecified atom stereocenters. The molecule has 0 fully saturated rings. The summed E-state index contributed by atoms with van der Waals surface area (Å²) >= 11 is 9.21. The summed E-state index contributed by atoms with van der Waals surface area (Å²) in [5.74, 6) is -0.531. The summed E-state index contributed by atoms with van der Waals surface area (Å²) in [5, 5.41) is 18.3. The summed E-state index contributed by atoms with van der Waals surface area (Å²) in [6.07, 6.45) is -1.66. The predicted molar refractivity (Wildman–Crippen MR) is 86.8 cm³/mol. The number of nitrogens with zero attached hydrogens (tertiary/aromatic N) is 1. The Hall–Kier alpha value is -0.990. The van der Waals surface area contributed by atoms with E-state index in [1.165, 1.54) is 12.1 Å². The van der Waals surface area contributed by atoms with Gasteiger partial charge in [-0.05, 0) is 23.6 Å².